The second-order valence-corrected chi connectivity index (χ2v) is 8.77. The van der Waals surface area contributed by atoms with Gasteiger partial charge in [0.1, 0.15) is 0 Å². The molecule has 0 N–H and O–H groups in total. The number of nitrogens with zero attached hydrogens (tertiary/aromatic N) is 2. The van der Waals surface area contributed by atoms with Gasteiger partial charge < -0.3 is 4.90 Å². The first-order chi connectivity index (χ1) is 11.9. The van der Waals surface area contributed by atoms with Gasteiger partial charge >= 0.3 is 0 Å². The van der Waals surface area contributed by atoms with Crippen LogP contribution in [0.1, 0.15) is 10.4 Å². The van der Waals surface area contributed by atoms with Crippen molar-refractivity contribution in [2.45, 2.75) is 4.90 Å². The van der Waals surface area contributed by atoms with Gasteiger partial charge in [-0.25, -0.2) is 8.42 Å². The Labute approximate surface area is 160 Å². The lowest BCUT2D eigenvalue weighted by molar-refractivity contribution is 0.0698. The van der Waals surface area contributed by atoms with E-state index in [1.807, 2.05) is 0 Å². The Kier molecular flexibility index (Phi) is 5.48. The molecule has 1 aliphatic rings. The van der Waals surface area contributed by atoms with Gasteiger partial charge in [0.2, 0.25) is 10.0 Å². The van der Waals surface area contributed by atoms with Crippen LogP contribution in [0.15, 0.2) is 57.9 Å². The lowest BCUT2D eigenvalue weighted by Gasteiger charge is -2.34. The van der Waals surface area contributed by atoms with Crippen molar-refractivity contribution < 1.29 is 13.2 Å². The van der Waals surface area contributed by atoms with Crippen LogP contribution in [0.25, 0.3) is 0 Å². The normalized spacial score (nSPS) is 16.0. The number of hydrogen-bond donors (Lipinski definition) is 0. The van der Waals surface area contributed by atoms with E-state index in [1.165, 1.54) is 4.31 Å². The predicted octanol–water partition coefficient (Wildman–Crippen LogP) is 3.25. The Morgan fingerprint density at radius 1 is 0.960 bits per heavy atom. The van der Waals surface area contributed by atoms with Gasteiger partial charge in [0.25, 0.3) is 5.91 Å². The maximum Gasteiger partial charge on any atom is 0.255 e. The Morgan fingerprint density at radius 2 is 1.56 bits per heavy atom. The number of sulfonamides is 1. The number of carbonyl (C=O) groups excluding carboxylic acids is 1. The van der Waals surface area contributed by atoms with E-state index in [0.717, 1.165) is 0 Å². The molecule has 3 rings (SSSR count). The fraction of sp³-hybridized carbons (Fsp3) is 0.235. The van der Waals surface area contributed by atoms with Crippen molar-refractivity contribution >= 4 is 43.5 Å². The molecule has 0 radical (unpaired) electrons. The van der Waals surface area contributed by atoms with Gasteiger partial charge in [-0.15, -0.1) is 0 Å². The van der Waals surface area contributed by atoms with E-state index in [4.69, 9.17) is 11.6 Å². The molecule has 1 heterocycles. The molecular weight excluding hydrogens is 428 g/mol. The lowest BCUT2D eigenvalue weighted by Crippen LogP contribution is -2.50. The zero-order valence-corrected chi connectivity index (χ0v) is 16.4. The molecule has 0 aromatic heterocycles. The largest absolute Gasteiger partial charge is 0.336 e. The first kappa shape index (κ1) is 18.4. The molecule has 1 fully saturated rings. The van der Waals surface area contributed by atoms with Gasteiger partial charge in [-0.1, -0.05) is 35.9 Å². The number of carbonyl (C=O) groups is 1. The average molecular weight is 444 g/mol. The predicted molar refractivity (Wildman–Crippen MR) is 100 cm³/mol. The third-order valence-electron chi connectivity index (χ3n) is 4.08. The Balaban J connectivity index is 1.73. The van der Waals surface area contributed by atoms with Crippen molar-refractivity contribution in [2.24, 2.45) is 0 Å². The first-order valence-electron chi connectivity index (χ1n) is 7.70. The minimum Gasteiger partial charge on any atom is -0.336 e. The highest BCUT2D eigenvalue weighted by molar-refractivity contribution is 9.10. The fourth-order valence-corrected chi connectivity index (χ4v) is 5.33. The average Bonchev–Trinajstić information content (AvgIpc) is 2.62. The maximum absolute atomic E-state index is 12.8. The fourth-order valence-electron chi connectivity index (χ4n) is 2.73. The molecule has 0 saturated carbocycles. The second kappa shape index (κ2) is 7.45. The summed E-state index contributed by atoms with van der Waals surface area (Å²) in [7, 11) is -3.59. The number of hydrogen-bond acceptors (Lipinski definition) is 3. The number of amides is 1. The van der Waals surface area contributed by atoms with Gasteiger partial charge in [-0.2, -0.15) is 4.31 Å². The molecule has 0 aliphatic carbocycles. The number of rotatable bonds is 3. The monoisotopic (exact) mass is 442 g/mol. The van der Waals surface area contributed by atoms with Gasteiger partial charge in [0.15, 0.2) is 0 Å². The maximum atomic E-state index is 12.8. The van der Waals surface area contributed by atoms with Crippen LogP contribution in [0.2, 0.25) is 5.02 Å². The lowest BCUT2D eigenvalue weighted by atomic mass is 10.2. The van der Waals surface area contributed by atoms with Crippen LogP contribution in [0, 0.1) is 0 Å². The van der Waals surface area contributed by atoms with Crippen LogP contribution in [0.3, 0.4) is 0 Å². The SMILES string of the molecule is O=C(c1ccccc1Cl)N1CCN(S(=O)(=O)c2ccccc2Br)CC1. The van der Waals surface area contributed by atoms with Crippen LogP contribution in [-0.4, -0.2) is 49.7 Å². The van der Waals surface area contributed by atoms with Crippen LogP contribution >= 0.6 is 27.5 Å². The minimum atomic E-state index is -3.59. The molecule has 1 aliphatic heterocycles. The summed E-state index contributed by atoms with van der Waals surface area (Å²) in [5.74, 6) is -0.177. The number of halogens is 2. The summed E-state index contributed by atoms with van der Waals surface area (Å²) in [6.45, 7) is 1.15. The molecule has 0 bridgehead atoms. The zero-order valence-electron chi connectivity index (χ0n) is 13.2. The van der Waals surface area contributed by atoms with Gasteiger partial charge in [0, 0.05) is 30.7 Å². The van der Waals surface area contributed by atoms with Crippen molar-refractivity contribution in [3.05, 3.63) is 63.6 Å². The molecule has 1 saturated heterocycles. The van der Waals surface area contributed by atoms with Crippen molar-refractivity contribution in [3.8, 4) is 0 Å². The molecular formula is C17H16BrClN2O3S. The van der Waals surface area contributed by atoms with Crippen LogP contribution in [0.5, 0.6) is 0 Å². The van der Waals surface area contributed by atoms with E-state index in [0.29, 0.717) is 28.1 Å². The van der Waals surface area contributed by atoms with E-state index >= 15 is 0 Å². The van der Waals surface area contributed by atoms with Crippen molar-refractivity contribution in [3.63, 3.8) is 0 Å². The van der Waals surface area contributed by atoms with Crippen molar-refractivity contribution in [1.29, 1.82) is 0 Å². The molecule has 0 spiro atoms. The van der Waals surface area contributed by atoms with Crippen LogP contribution < -0.4 is 0 Å². The molecule has 2 aromatic rings. The van der Waals surface area contributed by atoms with Crippen molar-refractivity contribution in [2.75, 3.05) is 26.2 Å². The Morgan fingerprint density at radius 3 is 2.20 bits per heavy atom. The second-order valence-electron chi connectivity index (χ2n) is 5.61. The summed E-state index contributed by atoms with van der Waals surface area (Å²) >= 11 is 9.37. The first-order valence-corrected chi connectivity index (χ1v) is 10.3. The molecule has 0 atom stereocenters. The summed E-state index contributed by atoms with van der Waals surface area (Å²) in [6, 6.07) is 13.6. The smallest absolute Gasteiger partial charge is 0.255 e. The summed E-state index contributed by atoms with van der Waals surface area (Å²) in [5, 5.41) is 0.399. The molecule has 132 valence electrons. The van der Waals surface area contributed by atoms with Crippen LogP contribution in [0.4, 0.5) is 0 Å². The summed E-state index contributed by atoms with van der Waals surface area (Å²) in [6.07, 6.45) is 0. The van der Waals surface area contributed by atoms with E-state index in [9.17, 15) is 13.2 Å². The van der Waals surface area contributed by atoms with Gasteiger partial charge in [0.05, 0.1) is 15.5 Å². The number of benzene rings is 2. The third kappa shape index (κ3) is 3.74. The van der Waals surface area contributed by atoms with Gasteiger partial charge in [-0.05, 0) is 40.2 Å². The highest BCUT2D eigenvalue weighted by atomic mass is 79.9. The highest BCUT2D eigenvalue weighted by Gasteiger charge is 2.31. The molecule has 0 unspecified atom stereocenters. The zero-order chi connectivity index (χ0) is 18.0. The third-order valence-corrected chi connectivity index (χ3v) is 7.32. The van der Waals surface area contributed by atoms with E-state index < -0.39 is 10.0 Å². The topological polar surface area (TPSA) is 57.7 Å². The van der Waals surface area contributed by atoms with E-state index in [1.54, 1.807) is 53.4 Å². The molecule has 8 heteroatoms. The molecule has 25 heavy (non-hydrogen) atoms. The standard InChI is InChI=1S/C17H16BrClN2O3S/c18-14-6-2-4-8-16(14)25(23,24)21-11-9-20(10-12-21)17(22)13-5-1-3-7-15(13)19/h1-8H,9-12H2. The molecule has 5 nitrogen and oxygen atoms in total. The Bertz CT molecular complexity index is 896. The quantitative estimate of drug-likeness (QED) is 0.732. The minimum absolute atomic E-state index is 0.177. The summed E-state index contributed by atoms with van der Waals surface area (Å²) in [4.78, 5) is 14.4. The van der Waals surface area contributed by atoms with Crippen LogP contribution in [-0.2, 0) is 10.0 Å². The summed E-state index contributed by atoms with van der Waals surface area (Å²) in [5.41, 5.74) is 0.436. The summed E-state index contributed by atoms with van der Waals surface area (Å²) < 4.78 is 27.5. The van der Waals surface area contributed by atoms with E-state index in [-0.39, 0.29) is 23.9 Å². The molecule has 1 amide bonds. The number of piperazine rings is 1. The van der Waals surface area contributed by atoms with Crippen molar-refractivity contribution in [1.82, 2.24) is 9.21 Å². The van der Waals surface area contributed by atoms with Gasteiger partial charge in [-0.3, -0.25) is 4.79 Å². The molecule has 2 aromatic carbocycles. The Hall–Kier alpha value is -1.41. The van der Waals surface area contributed by atoms with E-state index in [2.05, 4.69) is 15.9 Å². The highest BCUT2D eigenvalue weighted by Crippen LogP contribution is 2.26.